The van der Waals surface area contributed by atoms with Gasteiger partial charge in [-0.3, -0.25) is 9.48 Å². The summed E-state index contributed by atoms with van der Waals surface area (Å²) in [5.74, 6) is -0.567. The second-order valence-corrected chi connectivity index (χ2v) is 10.5. The van der Waals surface area contributed by atoms with Crippen molar-refractivity contribution in [3.05, 3.63) is 67.0 Å². The highest BCUT2D eigenvalue weighted by Crippen LogP contribution is 2.34. The second-order valence-electron chi connectivity index (χ2n) is 7.45. The second kappa shape index (κ2) is 9.25. The van der Waals surface area contributed by atoms with Crippen LogP contribution in [0.4, 0.5) is 5.69 Å². The van der Waals surface area contributed by atoms with Gasteiger partial charge in [0.25, 0.3) is 0 Å². The van der Waals surface area contributed by atoms with Gasteiger partial charge in [0.2, 0.25) is 15.9 Å². The van der Waals surface area contributed by atoms with Crippen molar-refractivity contribution >= 4 is 33.4 Å². The molecule has 0 saturated carbocycles. The first-order chi connectivity index (χ1) is 14.9. The number of rotatable bonds is 6. The summed E-state index contributed by atoms with van der Waals surface area (Å²) in [6.45, 7) is 0.568. The number of hydrogen-bond donors (Lipinski definition) is 1. The first kappa shape index (κ1) is 21.6. The summed E-state index contributed by atoms with van der Waals surface area (Å²) in [5, 5.41) is 6.98. The molecule has 31 heavy (non-hydrogen) atoms. The van der Waals surface area contributed by atoms with Crippen molar-refractivity contribution in [3.8, 4) is 0 Å². The first-order valence-corrected chi connectivity index (χ1v) is 12.3. The van der Waals surface area contributed by atoms with Gasteiger partial charge < -0.3 is 5.32 Å². The third-order valence-corrected chi connectivity index (χ3v) is 8.09. The number of nitrogens with zero attached hydrogens (tertiary/aromatic N) is 3. The number of aromatic nitrogens is 2. The van der Waals surface area contributed by atoms with Crippen LogP contribution in [-0.2, 0) is 21.9 Å². The van der Waals surface area contributed by atoms with Crippen LogP contribution in [0.1, 0.15) is 12.8 Å². The zero-order valence-electron chi connectivity index (χ0n) is 17.1. The number of hydrogen-bond acceptors (Lipinski definition) is 5. The molecule has 1 amide bonds. The van der Waals surface area contributed by atoms with Crippen molar-refractivity contribution in [2.24, 2.45) is 13.0 Å². The molecule has 1 atom stereocenters. The zero-order valence-corrected chi connectivity index (χ0v) is 18.8. The van der Waals surface area contributed by atoms with Crippen LogP contribution in [-0.4, -0.2) is 41.5 Å². The van der Waals surface area contributed by atoms with Crippen molar-refractivity contribution in [2.75, 3.05) is 18.4 Å². The Morgan fingerprint density at radius 1 is 1.13 bits per heavy atom. The number of anilines is 1. The molecule has 0 bridgehead atoms. The van der Waals surface area contributed by atoms with E-state index < -0.39 is 15.9 Å². The Kier molecular flexibility index (Phi) is 6.45. The van der Waals surface area contributed by atoms with Crippen LogP contribution in [0, 0.1) is 5.92 Å². The van der Waals surface area contributed by atoms with E-state index in [4.69, 9.17) is 0 Å². The Bertz CT molecular complexity index is 1160. The summed E-state index contributed by atoms with van der Waals surface area (Å²) >= 11 is 1.58. The van der Waals surface area contributed by atoms with Crippen molar-refractivity contribution in [1.29, 1.82) is 0 Å². The number of piperidine rings is 1. The smallest absolute Gasteiger partial charge is 0.246 e. The van der Waals surface area contributed by atoms with Crippen LogP contribution >= 0.6 is 11.8 Å². The quantitative estimate of drug-likeness (QED) is 0.613. The Morgan fingerprint density at radius 2 is 1.87 bits per heavy atom. The van der Waals surface area contributed by atoms with E-state index in [9.17, 15) is 13.2 Å². The summed E-state index contributed by atoms with van der Waals surface area (Å²) < 4.78 is 28.7. The number of carbonyl (C=O) groups excluding carboxylic acids is 1. The van der Waals surface area contributed by atoms with Crippen molar-refractivity contribution in [3.63, 3.8) is 0 Å². The van der Waals surface area contributed by atoms with Crippen LogP contribution in [0.2, 0.25) is 0 Å². The lowest BCUT2D eigenvalue weighted by atomic mass is 9.99. The van der Waals surface area contributed by atoms with Crippen molar-refractivity contribution in [1.82, 2.24) is 14.1 Å². The van der Waals surface area contributed by atoms with E-state index in [1.54, 1.807) is 18.8 Å². The predicted octanol–water partition coefficient (Wildman–Crippen LogP) is 3.61. The van der Waals surface area contributed by atoms with E-state index >= 15 is 0 Å². The van der Waals surface area contributed by atoms with E-state index in [1.807, 2.05) is 54.6 Å². The molecule has 2 aromatic carbocycles. The SMILES string of the molecule is Cn1cc(S(=O)(=O)N2CCC[C@H](C(=O)Nc3ccccc3Sc3ccccc3)C2)cn1. The van der Waals surface area contributed by atoms with Crippen molar-refractivity contribution in [2.45, 2.75) is 27.5 Å². The third-order valence-electron chi connectivity index (χ3n) is 5.19. The molecule has 0 radical (unpaired) electrons. The topological polar surface area (TPSA) is 84.3 Å². The lowest BCUT2D eigenvalue weighted by Crippen LogP contribution is -2.43. The zero-order chi connectivity index (χ0) is 21.8. The Labute approximate surface area is 186 Å². The number of amides is 1. The normalized spacial score (nSPS) is 17.4. The molecule has 1 aliphatic heterocycles. The van der Waals surface area contributed by atoms with Crippen LogP contribution < -0.4 is 5.32 Å². The molecular weight excluding hydrogens is 432 g/mol. The van der Waals surface area contributed by atoms with Gasteiger partial charge in [0, 0.05) is 36.1 Å². The fraction of sp³-hybridized carbons (Fsp3) is 0.273. The fourth-order valence-corrected chi connectivity index (χ4v) is 6.00. The van der Waals surface area contributed by atoms with Gasteiger partial charge in [-0.15, -0.1) is 0 Å². The van der Waals surface area contributed by atoms with Gasteiger partial charge in [0.05, 0.1) is 17.8 Å². The summed E-state index contributed by atoms with van der Waals surface area (Å²) in [6, 6.07) is 17.6. The monoisotopic (exact) mass is 456 g/mol. The minimum atomic E-state index is -3.66. The van der Waals surface area contributed by atoms with Crippen LogP contribution in [0.3, 0.4) is 0 Å². The van der Waals surface area contributed by atoms with Gasteiger partial charge in [-0.05, 0) is 37.1 Å². The number of aryl methyl sites for hydroxylation is 1. The average molecular weight is 457 g/mol. The minimum absolute atomic E-state index is 0.153. The molecule has 3 aromatic rings. The molecule has 9 heteroatoms. The van der Waals surface area contributed by atoms with Gasteiger partial charge in [-0.1, -0.05) is 42.1 Å². The third kappa shape index (κ3) is 5.00. The van der Waals surface area contributed by atoms with E-state index in [0.717, 1.165) is 15.5 Å². The number of nitrogens with one attached hydrogen (secondary N) is 1. The highest BCUT2D eigenvalue weighted by Gasteiger charge is 2.34. The molecule has 0 spiro atoms. The highest BCUT2D eigenvalue weighted by atomic mass is 32.2. The Morgan fingerprint density at radius 3 is 2.61 bits per heavy atom. The highest BCUT2D eigenvalue weighted by molar-refractivity contribution is 7.99. The first-order valence-electron chi connectivity index (χ1n) is 10.0. The lowest BCUT2D eigenvalue weighted by Gasteiger charge is -2.31. The summed E-state index contributed by atoms with van der Waals surface area (Å²) in [5.41, 5.74) is 0.730. The molecule has 2 heterocycles. The van der Waals surface area contributed by atoms with Gasteiger partial charge in [0.1, 0.15) is 4.90 Å². The maximum Gasteiger partial charge on any atom is 0.246 e. The average Bonchev–Trinajstić information content (AvgIpc) is 3.23. The van der Waals surface area contributed by atoms with E-state index in [-0.39, 0.29) is 17.3 Å². The van der Waals surface area contributed by atoms with Gasteiger partial charge in [-0.2, -0.15) is 9.40 Å². The molecule has 4 rings (SSSR count). The maximum atomic E-state index is 13.0. The molecule has 1 N–H and O–H groups in total. The van der Waals surface area contributed by atoms with E-state index in [2.05, 4.69) is 10.4 Å². The number of para-hydroxylation sites is 1. The fourth-order valence-electron chi connectivity index (χ4n) is 3.56. The van der Waals surface area contributed by atoms with E-state index in [1.165, 1.54) is 21.4 Å². The summed E-state index contributed by atoms with van der Waals surface area (Å²) in [6.07, 6.45) is 4.11. The standard InChI is InChI=1S/C22H24N4O3S2/c1-25-16-19(14-23-25)31(28,29)26-13-7-8-17(15-26)22(27)24-20-11-5-6-12-21(20)30-18-9-3-2-4-10-18/h2-6,9-12,14,16-17H,7-8,13,15H2,1H3,(H,24,27)/t17-/m0/s1. The van der Waals surface area contributed by atoms with Gasteiger partial charge in [0.15, 0.2) is 0 Å². The van der Waals surface area contributed by atoms with Gasteiger partial charge in [-0.25, -0.2) is 8.42 Å². The lowest BCUT2D eigenvalue weighted by molar-refractivity contribution is -0.120. The number of carbonyl (C=O) groups is 1. The Balaban J connectivity index is 1.47. The molecule has 1 aliphatic rings. The molecule has 1 fully saturated rings. The molecule has 1 aromatic heterocycles. The molecule has 0 aliphatic carbocycles. The number of sulfonamides is 1. The van der Waals surface area contributed by atoms with Crippen LogP contribution in [0.15, 0.2) is 81.7 Å². The molecule has 0 unspecified atom stereocenters. The number of benzene rings is 2. The molecular formula is C22H24N4O3S2. The maximum absolute atomic E-state index is 13.0. The van der Waals surface area contributed by atoms with E-state index in [0.29, 0.717) is 19.4 Å². The van der Waals surface area contributed by atoms with Crippen LogP contribution in [0.5, 0.6) is 0 Å². The van der Waals surface area contributed by atoms with Gasteiger partial charge >= 0.3 is 0 Å². The minimum Gasteiger partial charge on any atom is -0.325 e. The molecule has 162 valence electrons. The largest absolute Gasteiger partial charge is 0.325 e. The van der Waals surface area contributed by atoms with Crippen LogP contribution in [0.25, 0.3) is 0 Å². The Hall–Kier alpha value is -2.62. The summed E-state index contributed by atoms with van der Waals surface area (Å²) in [7, 11) is -1.99. The molecule has 1 saturated heterocycles. The molecule has 7 nitrogen and oxygen atoms in total. The van der Waals surface area contributed by atoms with Crippen molar-refractivity contribution < 1.29 is 13.2 Å². The predicted molar refractivity (Wildman–Crippen MR) is 120 cm³/mol. The summed E-state index contributed by atoms with van der Waals surface area (Å²) in [4.78, 5) is 15.2.